The van der Waals surface area contributed by atoms with Crippen molar-refractivity contribution in [1.29, 1.82) is 0 Å². The van der Waals surface area contributed by atoms with E-state index >= 15 is 0 Å². The molecule has 3 rings (SSSR count). The average Bonchev–Trinajstić information content (AvgIpc) is 2.92. The lowest BCUT2D eigenvalue weighted by atomic mass is 10.1. The molecule has 0 aliphatic carbocycles. The van der Waals surface area contributed by atoms with Gasteiger partial charge in [0.1, 0.15) is 0 Å². The van der Waals surface area contributed by atoms with Crippen molar-refractivity contribution in [2.24, 2.45) is 0 Å². The maximum absolute atomic E-state index is 12.3. The lowest BCUT2D eigenvalue weighted by Crippen LogP contribution is -2.01. The zero-order valence-corrected chi connectivity index (χ0v) is 11.8. The topological polar surface area (TPSA) is 32.9 Å². The molecular formula is C17H15NOS. The van der Waals surface area contributed by atoms with Crippen LogP contribution in [0.5, 0.6) is 0 Å². The Labute approximate surface area is 122 Å². The largest absolute Gasteiger partial charge is 0.360 e. The van der Waals surface area contributed by atoms with Gasteiger partial charge in [0, 0.05) is 28.4 Å². The van der Waals surface area contributed by atoms with E-state index in [4.69, 9.17) is 0 Å². The predicted octanol–water partition coefficient (Wildman–Crippen LogP) is 4.28. The van der Waals surface area contributed by atoms with E-state index in [-0.39, 0.29) is 5.78 Å². The quantitative estimate of drug-likeness (QED) is 0.708. The SMILES string of the molecule is O=C(CSCc1ccccc1)c1c[nH]c2ccccc12. The van der Waals surface area contributed by atoms with Crippen LogP contribution in [0.1, 0.15) is 15.9 Å². The summed E-state index contributed by atoms with van der Waals surface area (Å²) in [5.41, 5.74) is 3.06. The van der Waals surface area contributed by atoms with Gasteiger partial charge >= 0.3 is 0 Å². The molecular weight excluding hydrogens is 266 g/mol. The van der Waals surface area contributed by atoms with Crippen LogP contribution >= 0.6 is 11.8 Å². The van der Waals surface area contributed by atoms with Crippen molar-refractivity contribution in [3.63, 3.8) is 0 Å². The van der Waals surface area contributed by atoms with E-state index < -0.39 is 0 Å². The highest BCUT2D eigenvalue weighted by Crippen LogP contribution is 2.20. The first-order valence-corrected chi connectivity index (χ1v) is 7.71. The summed E-state index contributed by atoms with van der Waals surface area (Å²) in [6.45, 7) is 0. The van der Waals surface area contributed by atoms with Crippen LogP contribution in [0, 0.1) is 0 Å². The molecule has 0 spiro atoms. The van der Waals surface area contributed by atoms with Gasteiger partial charge in [0.25, 0.3) is 0 Å². The normalized spacial score (nSPS) is 10.8. The molecule has 0 bridgehead atoms. The van der Waals surface area contributed by atoms with Crippen molar-refractivity contribution >= 4 is 28.4 Å². The molecule has 0 atom stereocenters. The second-order valence-corrected chi connectivity index (χ2v) is 5.64. The molecule has 1 heterocycles. The highest BCUT2D eigenvalue weighted by molar-refractivity contribution is 7.99. The van der Waals surface area contributed by atoms with Gasteiger partial charge in [-0.2, -0.15) is 0 Å². The molecule has 0 saturated heterocycles. The summed E-state index contributed by atoms with van der Waals surface area (Å²) in [6.07, 6.45) is 1.82. The first-order valence-electron chi connectivity index (χ1n) is 6.55. The van der Waals surface area contributed by atoms with Crippen LogP contribution in [-0.2, 0) is 5.75 Å². The number of aromatic amines is 1. The fourth-order valence-corrected chi connectivity index (χ4v) is 3.09. The van der Waals surface area contributed by atoms with Gasteiger partial charge in [-0.1, -0.05) is 48.5 Å². The molecule has 0 aliphatic heterocycles. The number of para-hydroxylation sites is 1. The smallest absolute Gasteiger partial charge is 0.174 e. The Kier molecular flexibility index (Phi) is 3.88. The number of benzene rings is 2. The Hall–Kier alpha value is -2.00. The van der Waals surface area contributed by atoms with Gasteiger partial charge in [-0.3, -0.25) is 4.79 Å². The Bertz CT molecular complexity index is 718. The minimum atomic E-state index is 0.184. The van der Waals surface area contributed by atoms with Crippen molar-refractivity contribution < 1.29 is 4.79 Å². The van der Waals surface area contributed by atoms with Crippen molar-refractivity contribution in [2.75, 3.05) is 5.75 Å². The first kappa shape index (κ1) is 13.0. The Morgan fingerprint density at radius 1 is 1.00 bits per heavy atom. The van der Waals surface area contributed by atoms with E-state index in [0.29, 0.717) is 5.75 Å². The monoisotopic (exact) mass is 281 g/mol. The van der Waals surface area contributed by atoms with Gasteiger partial charge in [-0.15, -0.1) is 11.8 Å². The van der Waals surface area contributed by atoms with Crippen molar-refractivity contribution in [1.82, 2.24) is 4.98 Å². The number of carbonyl (C=O) groups excluding carboxylic acids is 1. The number of H-pyrrole nitrogens is 1. The van der Waals surface area contributed by atoms with E-state index in [0.717, 1.165) is 22.2 Å². The van der Waals surface area contributed by atoms with Crippen LogP contribution < -0.4 is 0 Å². The lowest BCUT2D eigenvalue weighted by molar-refractivity contribution is 0.102. The van der Waals surface area contributed by atoms with E-state index in [1.54, 1.807) is 11.8 Å². The molecule has 0 unspecified atom stereocenters. The molecule has 3 heteroatoms. The number of rotatable bonds is 5. The maximum atomic E-state index is 12.3. The average molecular weight is 281 g/mol. The Morgan fingerprint density at radius 3 is 2.60 bits per heavy atom. The van der Waals surface area contributed by atoms with E-state index in [1.165, 1.54) is 5.56 Å². The molecule has 20 heavy (non-hydrogen) atoms. The Balaban J connectivity index is 1.65. The standard InChI is InChI=1S/C17H15NOS/c19-17(12-20-11-13-6-2-1-3-7-13)15-10-18-16-9-5-4-8-14(15)16/h1-10,18H,11-12H2. The van der Waals surface area contributed by atoms with Crippen molar-refractivity contribution in [2.45, 2.75) is 5.75 Å². The Morgan fingerprint density at radius 2 is 1.75 bits per heavy atom. The van der Waals surface area contributed by atoms with E-state index in [9.17, 15) is 4.79 Å². The van der Waals surface area contributed by atoms with E-state index in [2.05, 4.69) is 17.1 Å². The molecule has 100 valence electrons. The fraction of sp³-hybridized carbons (Fsp3) is 0.118. The number of fused-ring (bicyclic) bond motifs is 1. The molecule has 2 aromatic carbocycles. The van der Waals surface area contributed by atoms with Crippen LogP contribution in [0.2, 0.25) is 0 Å². The van der Waals surface area contributed by atoms with Gasteiger partial charge in [0.2, 0.25) is 0 Å². The van der Waals surface area contributed by atoms with Gasteiger partial charge in [-0.05, 0) is 11.6 Å². The number of hydrogen-bond donors (Lipinski definition) is 1. The molecule has 1 N–H and O–H groups in total. The second-order valence-electron chi connectivity index (χ2n) is 4.65. The minimum Gasteiger partial charge on any atom is -0.360 e. The molecule has 0 radical (unpaired) electrons. The summed E-state index contributed by atoms with van der Waals surface area (Å²) in [5.74, 6) is 1.56. The minimum absolute atomic E-state index is 0.184. The number of aromatic nitrogens is 1. The molecule has 0 amide bonds. The maximum Gasteiger partial charge on any atom is 0.174 e. The van der Waals surface area contributed by atoms with Gasteiger partial charge < -0.3 is 4.98 Å². The van der Waals surface area contributed by atoms with Gasteiger partial charge in [0.15, 0.2) is 5.78 Å². The fourth-order valence-electron chi connectivity index (χ4n) is 2.22. The summed E-state index contributed by atoms with van der Waals surface area (Å²) >= 11 is 1.66. The molecule has 1 aromatic heterocycles. The molecule has 0 aliphatic rings. The molecule has 2 nitrogen and oxygen atoms in total. The van der Waals surface area contributed by atoms with E-state index in [1.807, 2.05) is 48.7 Å². The van der Waals surface area contributed by atoms with Crippen LogP contribution in [0.4, 0.5) is 0 Å². The number of nitrogens with one attached hydrogen (secondary N) is 1. The van der Waals surface area contributed by atoms with Crippen LogP contribution in [-0.4, -0.2) is 16.5 Å². The summed E-state index contributed by atoms with van der Waals surface area (Å²) < 4.78 is 0. The highest BCUT2D eigenvalue weighted by Gasteiger charge is 2.11. The third-order valence-electron chi connectivity index (χ3n) is 3.23. The van der Waals surface area contributed by atoms with Crippen LogP contribution in [0.3, 0.4) is 0 Å². The molecule has 0 saturated carbocycles. The van der Waals surface area contributed by atoms with Crippen molar-refractivity contribution in [3.8, 4) is 0 Å². The summed E-state index contributed by atoms with van der Waals surface area (Å²) in [6, 6.07) is 18.1. The van der Waals surface area contributed by atoms with Gasteiger partial charge in [0.05, 0.1) is 5.75 Å². The number of ketones is 1. The summed E-state index contributed by atoms with van der Waals surface area (Å²) in [7, 11) is 0. The van der Waals surface area contributed by atoms with Gasteiger partial charge in [-0.25, -0.2) is 0 Å². The second kappa shape index (κ2) is 5.97. The number of Topliss-reactive ketones (excluding diaryl/α,β-unsaturated/α-hetero) is 1. The third-order valence-corrected chi connectivity index (χ3v) is 4.24. The number of thioether (sulfide) groups is 1. The zero-order valence-electron chi connectivity index (χ0n) is 11.0. The summed E-state index contributed by atoms with van der Waals surface area (Å²) in [5, 5.41) is 1.01. The molecule has 3 aromatic rings. The summed E-state index contributed by atoms with van der Waals surface area (Å²) in [4.78, 5) is 15.4. The van der Waals surface area contributed by atoms with Crippen molar-refractivity contribution in [3.05, 3.63) is 71.9 Å². The lowest BCUT2D eigenvalue weighted by Gasteiger charge is -2.01. The highest BCUT2D eigenvalue weighted by atomic mass is 32.2. The zero-order chi connectivity index (χ0) is 13.8. The molecule has 0 fully saturated rings. The number of hydrogen-bond acceptors (Lipinski definition) is 2. The first-order chi connectivity index (χ1) is 9.84. The number of carbonyl (C=O) groups is 1. The van der Waals surface area contributed by atoms with Crippen LogP contribution in [0.15, 0.2) is 60.8 Å². The predicted molar refractivity (Wildman–Crippen MR) is 85.2 cm³/mol. The van der Waals surface area contributed by atoms with Crippen LogP contribution in [0.25, 0.3) is 10.9 Å². The third kappa shape index (κ3) is 2.78.